The number of rotatable bonds is 0. The highest BCUT2D eigenvalue weighted by molar-refractivity contribution is 14.1. The van der Waals surface area contributed by atoms with Crippen LogP contribution < -0.4 is 0 Å². The van der Waals surface area contributed by atoms with Crippen molar-refractivity contribution in [2.75, 3.05) is 0 Å². The Labute approximate surface area is 56.7 Å². The van der Waals surface area contributed by atoms with Gasteiger partial charge in [-0.2, -0.15) is 0 Å². The Morgan fingerprint density at radius 3 is 2.71 bits per heavy atom. The maximum absolute atomic E-state index is 4.06. The van der Waals surface area contributed by atoms with Gasteiger partial charge in [0.25, 0.3) is 0 Å². The van der Waals surface area contributed by atoms with E-state index in [1.54, 1.807) is 0 Å². The maximum Gasteiger partial charge on any atom is 0.0465 e. The molecular formula is C5H6IN. The van der Waals surface area contributed by atoms with Crippen molar-refractivity contribution in [3.8, 4) is 0 Å². The van der Waals surface area contributed by atoms with Crippen LogP contribution in [0.15, 0.2) is 14.3 Å². The van der Waals surface area contributed by atoms with Crippen LogP contribution in [0.1, 0.15) is 13.3 Å². The first-order valence-electron chi connectivity index (χ1n) is 2.18. The molecule has 0 aliphatic carbocycles. The summed E-state index contributed by atoms with van der Waals surface area (Å²) in [6.07, 6.45) is 2.99. The van der Waals surface area contributed by atoms with Crippen LogP contribution in [0.5, 0.6) is 0 Å². The van der Waals surface area contributed by atoms with Gasteiger partial charge in [0, 0.05) is 21.9 Å². The van der Waals surface area contributed by atoms with E-state index >= 15 is 0 Å². The second kappa shape index (κ2) is 1.94. The molecule has 0 aromatic heterocycles. The fraction of sp³-hybridized carbons (Fsp3) is 0.400. The molecule has 0 aromatic carbocycles. The Balaban J connectivity index is 2.79. The summed E-state index contributed by atoms with van der Waals surface area (Å²) in [7, 11) is 0. The van der Waals surface area contributed by atoms with E-state index in [9.17, 15) is 0 Å². The number of hydrogen-bond acceptors (Lipinski definition) is 1. The monoisotopic (exact) mass is 207 g/mol. The fourth-order valence-electron chi connectivity index (χ4n) is 0.480. The van der Waals surface area contributed by atoms with Gasteiger partial charge < -0.3 is 0 Å². The number of allylic oxidation sites excluding steroid dienone is 2. The standard InChI is InChI=1S/C5H6IN/c1-4-5(6)2-3-7-4/h3H,2H2,1H3. The first-order chi connectivity index (χ1) is 3.30. The van der Waals surface area contributed by atoms with Gasteiger partial charge in [-0.1, -0.05) is 0 Å². The minimum atomic E-state index is 1.05. The molecule has 2 heteroatoms. The molecule has 0 aromatic rings. The molecule has 0 bridgehead atoms. The number of hydrogen-bond donors (Lipinski definition) is 0. The summed E-state index contributed by atoms with van der Waals surface area (Å²) < 4.78 is 1.37. The third-order valence-corrected chi connectivity index (χ3v) is 2.17. The fourth-order valence-corrected chi connectivity index (χ4v) is 0.817. The van der Waals surface area contributed by atoms with Gasteiger partial charge in [-0.05, 0) is 29.5 Å². The minimum Gasteiger partial charge on any atom is -0.265 e. The molecule has 0 unspecified atom stereocenters. The molecule has 0 saturated heterocycles. The average molecular weight is 207 g/mol. The molecule has 0 fully saturated rings. The van der Waals surface area contributed by atoms with Gasteiger partial charge in [0.1, 0.15) is 0 Å². The van der Waals surface area contributed by atoms with E-state index < -0.39 is 0 Å². The summed E-state index contributed by atoms with van der Waals surface area (Å²) in [5.41, 5.74) is 1.18. The van der Waals surface area contributed by atoms with Crippen LogP contribution in [0.4, 0.5) is 0 Å². The lowest BCUT2D eigenvalue weighted by Gasteiger charge is -1.83. The van der Waals surface area contributed by atoms with Crippen molar-refractivity contribution < 1.29 is 0 Å². The normalized spacial score (nSPS) is 19.1. The zero-order valence-corrected chi connectivity index (χ0v) is 6.27. The van der Waals surface area contributed by atoms with E-state index in [1.807, 2.05) is 13.1 Å². The molecule has 7 heavy (non-hydrogen) atoms. The van der Waals surface area contributed by atoms with Crippen LogP contribution in [0.3, 0.4) is 0 Å². The molecule has 1 nitrogen and oxygen atoms in total. The van der Waals surface area contributed by atoms with E-state index in [0.717, 1.165) is 6.42 Å². The molecule has 0 atom stereocenters. The maximum atomic E-state index is 4.06. The van der Waals surface area contributed by atoms with Gasteiger partial charge in [-0.15, -0.1) is 0 Å². The molecule has 1 aliphatic rings. The summed E-state index contributed by atoms with van der Waals surface area (Å²) in [6, 6.07) is 0. The van der Waals surface area contributed by atoms with E-state index in [0.29, 0.717) is 0 Å². The summed E-state index contributed by atoms with van der Waals surface area (Å²) in [5, 5.41) is 0. The lowest BCUT2D eigenvalue weighted by atomic mass is 10.4. The molecule has 1 heterocycles. The van der Waals surface area contributed by atoms with Crippen molar-refractivity contribution in [3.05, 3.63) is 9.28 Å². The quantitative estimate of drug-likeness (QED) is 0.539. The van der Waals surface area contributed by atoms with Crippen molar-refractivity contribution in [2.45, 2.75) is 13.3 Å². The van der Waals surface area contributed by atoms with Crippen LogP contribution in [0, 0.1) is 0 Å². The van der Waals surface area contributed by atoms with E-state index in [2.05, 4.69) is 27.6 Å². The number of aliphatic imine (C=N–C) groups is 1. The third-order valence-electron chi connectivity index (χ3n) is 0.948. The first-order valence-corrected chi connectivity index (χ1v) is 3.26. The predicted octanol–water partition coefficient (Wildman–Crippen LogP) is 2.13. The summed E-state index contributed by atoms with van der Waals surface area (Å²) >= 11 is 2.31. The van der Waals surface area contributed by atoms with Crippen LogP contribution in [-0.4, -0.2) is 6.21 Å². The highest BCUT2D eigenvalue weighted by Crippen LogP contribution is 2.20. The van der Waals surface area contributed by atoms with Crippen molar-refractivity contribution >= 4 is 28.8 Å². The number of nitrogens with zero attached hydrogens (tertiary/aromatic N) is 1. The molecule has 0 spiro atoms. The average Bonchev–Trinajstić information content (AvgIpc) is 1.91. The highest BCUT2D eigenvalue weighted by atomic mass is 127. The van der Waals surface area contributed by atoms with E-state index in [-0.39, 0.29) is 0 Å². The van der Waals surface area contributed by atoms with Gasteiger partial charge in [0.2, 0.25) is 0 Å². The van der Waals surface area contributed by atoms with Crippen LogP contribution in [0.25, 0.3) is 0 Å². The molecule has 0 saturated carbocycles. The summed E-state index contributed by atoms with van der Waals surface area (Å²) in [5.74, 6) is 0. The lowest BCUT2D eigenvalue weighted by molar-refractivity contribution is 1.33. The molecule has 1 rings (SSSR count). The predicted molar refractivity (Wildman–Crippen MR) is 39.8 cm³/mol. The topological polar surface area (TPSA) is 12.4 Å². The van der Waals surface area contributed by atoms with Gasteiger partial charge in [-0.25, -0.2) is 0 Å². The highest BCUT2D eigenvalue weighted by Gasteiger charge is 1.99. The zero-order valence-electron chi connectivity index (χ0n) is 4.11. The van der Waals surface area contributed by atoms with Crippen molar-refractivity contribution in [1.29, 1.82) is 0 Å². The minimum absolute atomic E-state index is 1.05. The van der Waals surface area contributed by atoms with Gasteiger partial charge in [0.05, 0.1) is 0 Å². The Bertz CT molecular complexity index is 135. The molecule has 0 radical (unpaired) electrons. The van der Waals surface area contributed by atoms with Crippen molar-refractivity contribution in [2.24, 2.45) is 4.99 Å². The van der Waals surface area contributed by atoms with Gasteiger partial charge >= 0.3 is 0 Å². The molecule has 1 aliphatic heterocycles. The van der Waals surface area contributed by atoms with Crippen LogP contribution in [-0.2, 0) is 0 Å². The smallest absolute Gasteiger partial charge is 0.0465 e. The SMILES string of the molecule is CC1=C(I)CC=N1. The Morgan fingerprint density at radius 2 is 2.57 bits per heavy atom. The van der Waals surface area contributed by atoms with E-state index in [1.165, 1.54) is 9.28 Å². The van der Waals surface area contributed by atoms with Crippen molar-refractivity contribution in [1.82, 2.24) is 0 Å². The largest absolute Gasteiger partial charge is 0.265 e. The summed E-state index contributed by atoms with van der Waals surface area (Å²) in [6.45, 7) is 2.03. The van der Waals surface area contributed by atoms with Crippen molar-refractivity contribution in [3.63, 3.8) is 0 Å². The Kier molecular flexibility index (Phi) is 1.46. The molecular weight excluding hydrogens is 201 g/mol. The number of halogens is 1. The molecule has 0 N–H and O–H groups in total. The second-order valence-electron chi connectivity index (χ2n) is 1.51. The molecule has 38 valence electrons. The van der Waals surface area contributed by atoms with E-state index in [4.69, 9.17) is 0 Å². The van der Waals surface area contributed by atoms with Crippen LogP contribution in [0.2, 0.25) is 0 Å². The Hall–Kier alpha value is 0.140. The lowest BCUT2D eigenvalue weighted by Crippen LogP contribution is -1.63. The summed E-state index contributed by atoms with van der Waals surface area (Å²) in [4.78, 5) is 4.06. The van der Waals surface area contributed by atoms with Gasteiger partial charge in [0.15, 0.2) is 0 Å². The zero-order chi connectivity index (χ0) is 5.28. The third kappa shape index (κ3) is 1.02. The second-order valence-corrected chi connectivity index (χ2v) is 2.81. The Morgan fingerprint density at radius 1 is 1.86 bits per heavy atom. The van der Waals surface area contributed by atoms with Gasteiger partial charge in [-0.3, -0.25) is 4.99 Å². The van der Waals surface area contributed by atoms with Crippen LogP contribution >= 0.6 is 22.6 Å². The molecule has 0 amide bonds. The first kappa shape index (κ1) is 5.28.